The molecule has 5 aliphatic rings. The van der Waals surface area contributed by atoms with Gasteiger partial charge in [-0.25, -0.2) is 0 Å². The van der Waals surface area contributed by atoms with Crippen LogP contribution < -0.4 is 0 Å². The van der Waals surface area contributed by atoms with Gasteiger partial charge in [0.25, 0.3) is 0 Å². The number of hydrogen-bond donors (Lipinski definition) is 16. The molecule has 5 fully saturated rings. The minimum Gasteiger partial charge on any atom is -0.394 e. The van der Waals surface area contributed by atoms with E-state index in [0.29, 0.717) is 25.7 Å². The van der Waals surface area contributed by atoms with Crippen LogP contribution in [0.3, 0.4) is 0 Å². The van der Waals surface area contributed by atoms with Crippen LogP contribution in [0.25, 0.3) is 0 Å². The van der Waals surface area contributed by atoms with Crippen LogP contribution in [0.1, 0.15) is 73.1 Å². The highest BCUT2D eigenvalue weighted by molar-refractivity contribution is 5.08. The number of ether oxygens (including phenoxy) is 10. The lowest BCUT2D eigenvalue weighted by atomic mass is 9.95. The standard InChI is InChI=1S/C50H84O26/c1-7-50(6,76-49-44(39(63)33(57)28(19-53)72-49)75-46-41(65)36(60)31(55)26(17-51)70-46)16-10-15-23(3)12-8-11-22(2)13-9-14-24(4)20-67-48-43(38(62)32(56)27(18-52)71-48)74-47-42(66)37(61)34(58)29(73-47)21-68-45-40(64)35(59)30(54)25(5)69-45/h7,11,14-15,25-49,51-66H,1,8-10,12-13,16-21H2,2-6H3/b22-11-,23-15+,24-14+. The number of allylic oxidation sites excluding steroid dienone is 5. The van der Waals surface area contributed by atoms with Crippen LogP contribution in [0, 0.1) is 0 Å². The molecule has 0 aromatic carbocycles. The number of aliphatic hydroxyl groups excluding tert-OH is 16. The highest BCUT2D eigenvalue weighted by Gasteiger charge is 2.54. The van der Waals surface area contributed by atoms with E-state index < -0.39 is 186 Å². The normalized spacial score (nSPS) is 43.9. The van der Waals surface area contributed by atoms with Crippen LogP contribution in [0.2, 0.25) is 0 Å². The van der Waals surface area contributed by atoms with Gasteiger partial charge in [-0.05, 0) is 73.1 Å². The van der Waals surface area contributed by atoms with Crippen LogP contribution in [0.4, 0.5) is 0 Å². The Hall–Kier alpha value is -2.08. The van der Waals surface area contributed by atoms with Crippen molar-refractivity contribution in [3.05, 3.63) is 47.6 Å². The third kappa shape index (κ3) is 16.3. The predicted molar refractivity (Wildman–Crippen MR) is 259 cm³/mol. The summed E-state index contributed by atoms with van der Waals surface area (Å²) < 4.78 is 57.6. The summed E-state index contributed by atoms with van der Waals surface area (Å²) in [6, 6.07) is 0. The van der Waals surface area contributed by atoms with Crippen molar-refractivity contribution in [1.29, 1.82) is 0 Å². The molecule has 16 N–H and O–H groups in total. The highest BCUT2D eigenvalue weighted by atomic mass is 16.8. The number of aliphatic hydroxyl groups is 16. The van der Waals surface area contributed by atoms with Crippen molar-refractivity contribution in [3.8, 4) is 0 Å². The first kappa shape index (κ1) is 64.7. The lowest BCUT2D eigenvalue weighted by Crippen LogP contribution is -2.65. The Kier molecular flexibility index (Phi) is 25.2. The van der Waals surface area contributed by atoms with Crippen molar-refractivity contribution in [2.75, 3.05) is 33.0 Å². The van der Waals surface area contributed by atoms with Crippen LogP contribution in [0.5, 0.6) is 0 Å². The molecule has 5 rings (SSSR count). The Morgan fingerprint density at radius 2 is 0.868 bits per heavy atom. The molecule has 26 atom stereocenters. The Labute approximate surface area is 441 Å². The fourth-order valence-electron chi connectivity index (χ4n) is 9.28. The Bertz CT molecular complexity index is 1860. The van der Waals surface area contributed by atoms with Gasteiger partial charge in [-0.15, -0.1) is 6.58 Å². The molecule has 0 bridgehead atoms. The van der Waals surface area contributed by atoms with E-state index in [9.17, 15) is 81.7 Å². The second-order valence-electron chi connectivity index (χ2n) is 20.6. The Morgan fingerprint density at radius 3 is 1.38 bits per heavy atom. The molecule has 0 aromatic heterocycles. The van der Waals surface area contributed by atoms with Crippen molar-refractivity contribution in [2.24, 2.45) is 0 Å². The first-order valence-electron chi connectivity index (χ1n) is 25.7. The van der Waals surface area contributed by atoms with E-state index in [0.717, 1.165) is 29.6 Å². The van der Waals surface area contributed by atoms with E-state index in [1.807, 2.05) is 26.0 Å². The molecule has 5 aliphatic heterocycles. The van der Waals surface area contributed by atoms with Gasteiger partial charge in [0, 0.05) is 0 Å². The molecule has 0 saturated carbocycles. The molecular weight excluding hydrogens is 1020 g/mol. The molecule has 76 heavy (non-hydrogen) atoms. The maximum Gasteiger partial charge on any atom is 0.188 e. The molecular formula is C50H84O26. The molecule has 0 radical (unpaired) electrons. The fraction of sp³-hybridized carbons (Fsp3) is 0.840. The lowest BCUT2D eigenvalue weighted by molar-refractivity contribution is -0.375. The van der Waals surface area contributed by atoms with Gasteiger partial charge in [-0.2, -0.15) is 0 Å². The van der Waals surface area contributed by atoms with Gasteiger partial charge in [0.15, 0.2) is 31.5 Å². The maximum absolute atomic E-state index is 11.1. The zero-order valence-corrected chi connectivity index (χ0v) is 43.5. The average molecular weight is 1100 g/mol. The molecule has 440 valence electrons. The van der Waals surface area contributed by atoms with E-state index in [2.05, 4.69) is 12.7 Å². The van der Waals surface area contributed by atoms with E-state index in [-0.39, 0.29) is 6.61 Å². The molecule has 0 amide bonds. The quantitative estimate of drug-likeness (QED) is 0.0382. The zero-order chi connectivity index (χ0) is 56.3. The van der Waals surface area contributed by atoms with Crippen molar-refractivity contribution in [2.45, 2.75) is 232 Å². The van der Waals surface area contributed by atoms with Gasteiger partial charge in [-0.3, -0.25) is 0 Å². The van der Waals surface area contributed by atoms with Gasteiger partial charge in [-0.1, -0.05) is 41.0 Å². The number of rotatable bonds is 25. The second-order valence-corrected chi connectivity index (χ2v) is 20.6. The molecule has 0 aliphatic carbocycles. The van der Waals surface area contributed by atoms with Crippen LogP contribution in [0.15, 0.2) is 47.6 Å². The topological polar surface area (TPSA) is 416 Å². The van der Waals surface area contributed by atoms with Gasteiger partial charge in [0.05, 0.1) is 44.7 Å². The zero-order valence-electron chi connectivity index (χ0n) is 43.5. The highest BCUT2D eigenvalue weighted by Crippen LogP contribution is 2.35. The third-order valence-electron chi connectivity index (χ3n) is 14.5. The third-order valence-corrected chi connectivity index (χ3v) is 14.5. The first-order valence-corrected chi connectivity index (χ1v) is 25.7. The molecule has 26 nitrogen and oxygen atoms in total. The summed E-state index contributed by atoms with van der Waals surface area (Å²) >= 11 is 0. The van der Waals surface area contributed by atoms with Gasteiger partial charge < -0.3 is 129 Å². The largest absolute Gasteiger partial charge is 0.394 e. The molecule has 5 saturated heterocycles. The van der Waals surface area contributed by atoms with Crippen LogP contribution >= 0.6 is 0 Å². The monoisotopic (exact) mass is 1100 g/mol. The van der Waals surface area contributed by atoms with Gasteiger partial charge in [0.1, 0.15) is 116 Å². The number of hydrogen-bond acceptors (Lipinski definition) is 26. The molecule has 5 heterocycles. The molecule has 26 unspecified atom stereocenters. The van der Waals surface area contributed by atoms with Crippen LogP contribution in [-0.4, -0.2) is 274 Å². The van der Waals surface area contributed by atoms with Gasteiger partial charge in [0.2, 0.25) is 0 Å². The lowest BCUT2D eigenvalue weighted by Gasteiger charge is -2.47. The minimum atomic E-state index is -1.89. The van der Waals surface area contributed by atoms with E-state index in [1.165, 1.54) is 13.0 Å². The van der Waals surface area contributed by atoms with Crippen molar-refractivity contribution in [1.82, 2.24) is 0 Å². The Balaban J connectivity index is 1.10. The predicted octanol–water partition coefficient (Wildman–Crippen LogP) is -4.76. The Morgan fingerprint density at radius 1 is 0.461 bits per heavy atom. The minimum absolute atomic E-state index is 0.0544. The summed E-state index contributed by atoms with van der Waals surface area (Å²) in [7, 11) is 0. The summed E-state index contributed by atoms with van der Waals surface area (Å²) in [6.45, 7) is 10.1. The SMILES string of the molecule is C=CC(C)(CC/C=C(\C)CC/C=C(/C)CC/C=C(\C)COC1OC(CO)C(O)C(O)C1OC1OC(COC2OC(C)C(O)C(O)C2O)C(O)C(O)C1O)OC1OC(CO)C(O)C(O)C1OC1OC(CO)C(O)C(O)C1O. The maximum atomic E-state index is 11.1. The first-order chi connectivity index (χ1) is 35.9. The molecule has 26 heteroatoms. The van der Waals surface area contributed by atoms with Crippen molar-refractivity contribution >= 4 is 0 Å². The van der Waals surface area contributed by atoms with E-state index >= 15 is 0 Å². The average Bonchev–Trinajstić information content (AvgIpc) is 3.39. The summed E-state index contributed by atoms with van der Waals surface area (Å²) in [5, 5.41) is 167. The van der Waals surface area contributed by atoms with Crippen molar-refractivity contribution in [3.63, 3.8) is 0 Å². The van der Waals surface area contributed by atoms with Crippen LogP contribution in [-0.2, 0) is 47.4 Å². The van der Waals surface area contributed by atoms with Crippen molar-refractivity contribution < 1.29 is 129 Å². The summed E-state index contributed by atoms with van der Waals surface area (Å²) in [4.78, 5) is 0. The summed E-state index contributed by atoms with van der Waals surface area (Å²) in [6.07, 6.45) is -28.1. The molecule has 0 spiro atoms. The van der Waals surface area contributed by atoms with Gasteiger partial charge >= 0.3 is 0 Å². The summed E-state index contributed by atoms with van der Waals surface area (Å²) in [5.74, 6) is 0. The fourth-order valence-corrected chi connectivity index (χ4v) is 9.28. The molecule has 0 aromatic rings. The van der Waals surface area contributed by atoms with E-state index in [4.69, 9.17) is 47.4 Å². The smallest absolute Gasteiger partial charge is 0.188 e. The second kappa shape index (κ2) is 29.6. The summed E-state index contributed by atoms with van der Waals surface area (Å²) in [5.41, 5.74) is 1.85. The van der Waals surface area contributed by atoms with E-state index in [1.54, 1.807) is 13.8 Å².